The molecule has 0 fully saturated rings. The quantitative estimate of drug-likeness (QED) is 0.888. The molecule has 0 aliphatic rings. The maximum atomic E-state index is 11.4. The third-order valence-electron chi connectivity index (χ3n) is 2.25. The van der Waals surface area contributed by atoms with Crippen molar-refractivity contribution in [2.75, 3.05) is 25.0 Å². The molecule has 0 atom stereocenters. The van der Waals surface area contributed by atoms with Crippen LogP contribution in [0.5, 0.6) is 0 Å². The Morgan fingerprint density at radius 3 is 2.88 bits per heavy atom. The second kappa shape index (κ2) is 6.12. The van der Waals surface area contributed by atoms with Gasteiger partial charge in [0.2, 0.25) is 5.91 Å². The Hall–Kier alpha value is -1.73. The highest BCUT2D eigenvalue weighted by Crippen LogP contribution is 2.23. The van der Waals surface area contributed by atoms with Crippen molar-refractivity contribution in [1.29, 1.82) is 5.26 Å². The van der Waals surface area contributed by atoms with Gasteiger partial charge in [-0.2, -0.15) is 5.26 Å². The van der Waals surface area contributed by atoms with Gasteiger partial charge in [0.25, 0.3) is 0 Å². The average molecular weight is 252 g/mol. The largest absolute Gasteiger partial charge is 0.364 e. The Morgan fingerprint density at radius 2 is 2.29 bits per heavy atom. The average Bonchev–Trinajstić information content (AvgIpc) is 2.29. The lowest BCUT2D eigenvalue weighted by atomic mass is 10.2. The van der Waals surface area contributed by atoms with Gasteiger partial charge in [-0.3, -0.25) is 4.79 Å². The minimum Gasteiger partial charge on any atom is -0.364 e. The van der Waals surface area contributed by atoms with Gasteiger partial charge in [0.1, 0.15) is 6.07 Å². The summed E-state index contributed by atoms with van der Waals surface area (Å²) in [7, 11) is 1.75. The Labute approximate surface area is 106 Å². The highest BCUT2D eigenvalue weighted by atomic mass is 35.5. The number of likely N-dealkylation sites (N-methyl/N-ethyl adjacent to an activating group) is 2. The van der Waals surface area contributed by atoms with Crippen LogP contribution < -0.4 is 10.2 Å². The predicted octanol–water partition coefficient (Wildman–Crippen LogP) is 1.78. The minimum atomic E-state index is -0.0844. The van der Waals surface area contributed by atoms with Crippen LogP contribution in [0.1, 0.15) is 12.5 Å². The van der Waals surface area contributed by atoms with Crippen LogP contribution in [0.2, 0.25) is 5.02 Å². The SMILES string of the molecule is CCNC(=O)CN(C)c1cc(Cl)ccc1C#N. The summed E-state index contributed by atoms with van der Waals surface area (Å²) in [6.45, 7) is 2.65. The van der Waals surface area contributed by atoms with Crippen molar-refractivity contribution in [2.45, 2.75) is 6.92 Å². The molecule has 5 heteroatoms. The third-order valence-corrected chi connectivity index (χ3v) is 2.48. The van der Waals surface area contributed by atoms with Gasteiger partial charge in [0.05, 0.1) is 17.8 Å². The van der Waals surface area contributed by atoms with Crippen LogP contribution in [0.4, 0.5) is 5.69 Å². The fourth-order valence-electron chi connectivity index (χ4n) is 1.47. The van der Waals surface area contributed by atoms with Gasteiger partial charge in [-0.05, 0) is 25.1 Å². The van der Waals surface area contributed by atoms with Crippen molar-refractivity contribution in [1.82, 2.24) is 5.32 Å². The van der Waals surface area contributed by atoms with Crippen LogP contribution in [0.15, 0.2) is 18.2 Å². The van der Waals surface area contributed by atoms with Gasteiger partial charge in [-0.1, -0.05) is 11.6 Å². The molecule has 0 saturated heterocycles. The molecule has 0 bridgehead atoms. The number of carbonyl (C=O) groups is 1. The van der Waals surface area contributed by atoms with E-state index in [4.69, 9.17) is 16.9 Å². The van der Waals surface area contributed by atoms with Gasteiger partial charge >= 0.3 is 0 Å². The van der Waals surface area contributed by atoms with Crippen molar-refractivity contribution >= 4 is 23.2 Å². The summed E-state index contributed by atoms with van der Waals surface area (Å²) in [5.41, 5.74) is 1.16. The molecule has 1 aromatic rings. The lowest BCUT2D eigenvalue weighted by molar-refractivity contribution is -0.119. The topological polar surface area (TPSA) is 56.1 Å². The molecule has 1 amide bonds. The number of hydrogen-bond donors (Lipinski definition) is 1. The number of nitriles is 1. The van der Waals surface area contributed by atoms with Crippen molar-refractivity contribution in [3.63, 3.8) is 0 Å². The Bertz CT molecular complexity index is 454. The van der Waals surface area contributed by atoms with E-state index in [1.807, 2.05) is 6.92 Å². The highest BCUT2D eigenvalue weighted by molar-refractivity contribution is 6.30. The Balaban J connectivity index is 2.88. The van der Waals surface area contributed by atoms with Crippen LogP contribution in [0.3, 0.4) is 0 Å². The Morgan fingerprint density at radius 1 is 1.59 bits per heavy atom. The predicted molar refractivity (Wildman–Crippen MR) is 68.1 cm³/mol. The van der Waals surface area contributed by atoms with Crippen LogP contribution in [-0.4, -0.2) is 26.0 Å². The molecule has 0 unspecified atom stereocenters. The van der Waals surface area contributed by atoms with Gasteiger partial charge in [-0.25, -0.2) is 0 Å². The fourth-order valence-corrected chi connectivity index (χ4v) is 1.64. The molecule has 4 nitrogen and oxygen atoms in total. The smallest absolute Gasteiger partial charge is 0.239 e. The molecule has 0 radical (unpaired) electrons. The summed E-state index contributed by atoms with van der Waals surface area (Å²) >= 11 is 5.88. The first-order valence-corrected chi connectivity index (χ1v) is 5.63. The maximum absolute atomic E-state index is 11.4. The second-order valence-electron chi connectivity index (χ2n) is 3.58. The number of carbonyl (C=O) groups excluding carboxylic acids is 1. The maximum Gasteiger partial charge on any atom is 0.239 e. The molecule has 1 rings (SSSR count). The minimum absolute atomic E-state index is 0.0844. The van der Waals surface area contributed by atoms with Crippen molar-refractivity contribution in [3.8, 4) is 6.07 Å². The lowest BCUT2D eigenvalue weighted by Crippen LogP contribution is -2.35. The third kappa shape index (κ3) is 3.65. The van der Waals surface area contributed by atoms with Gasteiger partial charge in [0.15, 0.2) is 0 Å². The second-order valence-corrected chi connectivity index (χ2v) is 4.02. The van der Waals surface area contributed by atoms with Gasteiger partial charge in [0, 0.05) is 18.6 Å². The molecular weight excluding hydrogens is 238 g/mol. The fraction of sp³-hybridized carbons (Fsp3) is 0.333. The van der Waals surface area contributed by atoms with Crippen molar-refractivity contribution < 1.29 is 4.79 Å². The number of benzene rings is 1. The van der Waals surface area contributed by atoms with Crippen LogP contribution >= 0.6 is 11.6 Å². The molecule has 0 saturated carbocycles. The summed E-state index contributed by atoms with van der Waals surface area (Å²) in [6.07, 6.45) is 0. The van der Waals surface area contributed by atoms with E-state index in [9.17, 15) is 4.79 Å². The number of nitrogens with one attached hydrogen (secondary N) is 1. The molecule has 0 aromatic heterocycles. The summed E-state index contributed by atoms with van der Waals surface area (Å²) in [4.78, 5) is 13.1. The van der Waals surface area contributed by atoms with Crippen molar-refractivity contribution in [3.05, 3.63) is 28.8 Å². The zero-order valence-corrected chi connectivity index (χ0v) is 10.6. The van der Waals surface area contributed by atoms with Crippen LogP contribution in [0, 0.1) is 11.3 Å². The molecule has 90 valence electrons. The molecule has 1 aromatic carbocycles. The van der Waals surface area contributed by atoms with E-state index in [1.165, 1.54) is 0 Å². The molecular formula is C12H14ClN3O. The summed E-state index contributed by atoms with van der Waals surface area (Å²) in [6, 6.07) is 7.06. The number of nitrogens with zero attached hydrogens (tertiary/aromatic N) is 2. The Kier molecular flexibility index (Phi) is 4.80. The summed E-state index contributed by atoms with van der Waals surface area (Å²) in [5, 5.41) is 12.2. The molecule has 0 heterocycles. The standard InChI is InChI=1S/C12H14ClN3O/c1-3-15-12(17)8-16(2)11-6-10(13)5-4-9(11)7-14/h4-6H,3,8H2,1-2H3,(H,15,17). The van der Waals surface area contributed by atoms with Crippen LogP contribution in [-0.2, 0) is 4.79 Å². The van der Waals surface area contributed by atoms with E-state index in [2.05, 4.69) is 11.4 Å². The van der Waals surface area contributed by atoms with E-state index < -0.39 is 0 Å². The first-order chi connectivity index (χ1) is 8.08. The number of anilines is 1. The highest BCUT2D eigenvalue weighted by Gasteiger charge is 2.11. The molecule has 1 N–H and O–H groups in total. The summed E-state index contributed by atoms with van der Waals surface area (Å²) in [5.74, 6) is -0.0844. The van der Waals surface area contributed by atoms with Crippen LogP contribution in [0.25, 0.3) is 0 Å². The first-order valence-electron chi connectivity index (χ1n) is 5.26. The number of halogens is 1. The molecule has 0 aliphatic carbocycles. The lowest BCUT2D eigenvalue weighted by Gasteiger charge is -2.19. The molecule has 0 spiro atoms. The van der Waals surface area contributed by atoms with E-state index in [0.29, 0.717) is 22.8 Å². The normalized spacial score (nSPS) is 9.53. The zero-order chi connectivity index (χ0) is 12.8. The monoisotopic (exact) mass is 251 g/mol. The summed E-state index contributed by atoms with van der Waals surface area (Å²) < 4.78 is 0. The van der Waals surface area contributed by atoms with E-state index in [-0.39, 0.29) is 12.5 Å². The molecule has 0 aliphatic heterocycles. The van der Waals surface area contributed by atoms with E-state index in [0.717, 1.165) is 0 Å². The van der Waals surface area contributed by atoms with E-state index in [1.54, 1.807) is 30.1 Å². The van der Waals surface area contributed by atoms with Gasteiger partial charge < -0.3 is 10.2 Å². The van der Waals surface area contributed by atoms with E-state index >= 15 is 0 Å². The van der Waals surface area contributed by atoms with Gasteiger partial charge in [-0.15, -0.1) is 0 Å². The first kappa shape index (κ1) is 13.3. The zero-order valence-electron chi connectivity index (χ0n) is 9.83. The molecule has 17 heavy (non-hydrogen) atoms. The number of amides is 1. The van der Waals surface area contributed by atoms with Crippen molar-refractivity contribution in [2.24, 2.45) is 0 Å². The number of rotatable bonds is 4. The number of hydrogen-bond acceptors (Lipinski definition) is 3.